The molecule has 0 fully saturated rings. The van der Waals surface area contributed by atoms with E-state index in [0.717, 1.165) is 6.07 Å². The van der Waals surface area contributed by atoms with E-state index in [-0.39, 0.29) is 5.56 Å². The lowest BCUT2D eigenvalue weighted by molar-refractivity contribution is -0.120. The molecular weight excluding hydrogens is 271 g/mol. The molecule has 3 N–H and O–H groups in total. The number of nitrogens with two attached hydrogens (primary N) is 1. The summed E-state index contributed by atoms with van der Waals surface area (Å²) in [5.41, 5.74) is 6.48. The Morgan fingerprint density at radius 3 is 2.38 bits per heavy atom. The summed E-state index contributed by atoms with van der Waals surface area (Å²) in [6.45, 7) is 1.60. The molecule has 108 valence electrons. The molecule has 21 heavy (non-hydrogen) atoms. The van der Waals surface area contributed by atoms with Gasteiger partial charge in [-0.2, -0.15) is 0 Å². The van der Waals surface area contributed by atoms with Crippen molar-refractivity contribution in [3.63, 3.8) is 0 Å². The first-order chi connectivity index (χ1) is 9.99. The minimum absolute atomic E-state index is 0.139. The van der Waals surface area contributed by atoms with Crippen molar-refractivity contribution in [3.05, 3.63) is 71.0 Å². The number of amides is 2. The van der Waals surface area contributed by atoms with Crippen LogP contribution in [0.2, 0.25) is 0 Å². The lowest BCUT2D eigenvalue weighted by Crippen LogP contribution is -2.37. The van der Waals surface area contributed by atoms with Crippen molar-refractivity contribution in [2.45, 2.75) is 13.0 Å². The van der Waals surface area contributed by atoms with E-state index in [1.54, 1.807) is 37.3 Å². The average molecular weight is 286 g/mol. The summed E-state index contributed by atoms with van der Waals surface area (Å²) in [7, 11) is 0. The first kappa shape index (κ1) is 14.7. The second-order valence-corrected chi connectivity index (χ2v) is 4.68. The Balaban J connectivity index is 2.23. The number of nitrogens with one attached hydrogen (secondary N) is 1. The van der Waals surface area contributed by atoms with Crippen LogP contribution in [0.15, 0.2) is 48.5 Å². The molecule has 4 nitrogen and oxygen atoms in total. The third-order valence-corrected chi connectivity index (χ3v) is 3.13. The molecule has 2 aromatic rings. The molecule has 2 amide bonds. The van der Waals surface area contributed by atoms with Crippen molar-refractivity contribution in [1.82, 2.24) is 5.32 Å². The maximum absolute atomic E-state index is 13.5. The summed E-state index contributed by atoms with van der Waals surface area (Å²) in [6.07, 6.45) is 0. The largest absolute Gasteiger partial charge is 0.368 e. The summed E-state index contributed by atoms with van der Waals surface area (Å²) < 4.78 is 13.5. The standard InChI is InChI=1S/C16H15FN2O2/c1-10-7-8-12(9-13(10)17)16(21)19-14(15(18)20)11-5-3-2-4-6-11/h2-9,14H,1H3,(H2,18,20)(H,19,21). The van der Waals surface area contributed by atoms with Gasteiger partial charge in [-0.15, -0.1) is 0 Å². The van der Waals surface area contributed by atoms with Gasteiger partial charge in [-0.05, 0) is 30.2 Å². The van der Waals surface area contributed by atoms with Gasteiger partial charge in [0.1, 0.15) is 11.9 Å². The van der Waals surface area contributed by atoms with Crippen LogP contribution >= 0.6 is 0 Å². The topological polar surface area (TPSA) is 72.2 Å². The zero-order chi connectivity index (χ0) is 15.4. The predicted molar refractivity (Wildman–Crippen MR) is 77.0 cm³/mol. The van der Waals surface area contributed by atoms with Crippen molar-refractivity contribution in [3.8, 4) is 0 Å². The normalized spacial score (nSPS) is 11.7. The summed E-state index contributed by atoms with van der Waals surface area (Å²) in [6, 6.07) is 11.8. The minimum Gasteiger partial charge on any atom is -0.368 e. The zero-order valence-electron chi connectivity index (χ0n) is 11.5. The first-order valence-electron chi connectivity index (χ1n) is 6.40. The Kier molecular flexibility index (Phi) is 4.33. The highest BCUT2D eigenvalue weighted by atomic mass is 19.1. The Morgan fingerprint density at radius 2 is 1.81 bits per heavy atom. The van der Waals surface area contributed by atoms with Gasteiger partial charge in [-0.25, -0.2) is 4.39 Å². The lowest BCUT2D eigenvalue weighted by atomic mass is 10.1. The first-order valence-corrected chi connectivity index (χ1v) is 6.40. The maximum atomic E-state index is 13.5. The number of halogens is 1. The fourth-order valence-electron chi connectivity index (χ4n) is 1.91. The van der Waals surface area contributed by atoms with Crippen LogP contribution in [0.4, 0.5) is 4.39 Å². The summed E-state index contributed by atoms with van der Waals surface area (Å²) in [5, 5.41) is 2.52. The molecule has 1 unspecified atom stereocenters. The van der Waals surface area contributed by atoms with Gasteiger partial charge in [0, 0.05) is 5.56 Å². The molecule has 2 rings (SSSR count). The highest BCUT2D eigenvalue weighted by Gasteiger charge is 2.21. The van der Waals surface area contributed by atoms with Crippen molar-refractivity contribution < 1.29 is 14.0 Å². The molecule has 0 bridgehead atoms. The molecular formula is C16H15FN2O2. The molecule has 0 aliphatic carbocycles. The van der Waals surface area contributed by atoms with E-state index >= 15 is 0 Å². The summed E-state index contributed by atoms with van der Waals surface area (Å²) in [4.78, 5) is 23.6. The van der Waals surface area contributed by atoms with Crippen LogP contribution in [0.1, 0.15) is 27.5 Å². The van der Waals surface area contributed by atoms with Crippen LogP contribution in [0.25, 0.3) is 0 Å². The van der Waals surface area contributed by atoms with Gasteiger partial charge in [0.25, 0.3) is 5.91 Å². The van der Waals surface area contributed by atoms with E-state index in [9.17, 15) is 14.0 Å². The number of primary amides is 1. The van der Waals surface area contributed by atoms with Crippen LogP contribution in [-0.2, 0) is 4.79 Å². The zero-order valence-corrected chi connectivity index (χ0v) is 11.5. The third-order valence-electron chi connectivity index (χ3n) is 3.13. The monoisotopic (exact) mass is 286 g/mol. The SMILES string of the molecule is Cc1ccc(C(=O)NC(C(N)=O)c2ccccc2)cc1F. The number of hydrogen-bond acceptors (Lipinski definition) is 2. The molecule has 0 heterocycles. The van der Waals surface area contributed by atoms with E-state index in [0.29, 0.717) is 11.1 Å². The van der Waals surface area contributed by atoms with Gasteiger partial charge in [0.15, 0.2) is 0 Å². The van der Waals surface area contributed by atoms with Crippen LogP contribution in [0.5, 0.6) is 0 Å². The molecule has 0 saturated heterocycles. The molecule has 5 heteroatoms. The molecule has 0 aromatic heterocycles. The minimum atomic E-state index is -0.955. The van der Waals surface area contributed by atoms with Crippen molar-refractivity contribution >= 4 is 11.8 Å². The molecule has 0 aliphatic rings. The van der Waals surface area contributed by atoms with Gasteiger partial charge in [0.2, 0.25) is 5.91 Å². The number of benzene rings is 2. The number of rotatable bonds is 4. The highest BCUT2D eigenvalue weighted by molar-refractivity contribution is 5.97. The van der Waals surface area contributed by atoms with Crippen LogP contribution < -0.4 is 11.1 Å². The summed E-state index contributed by atoms with van der Waals surface area (Å²) >= 11 is 0. The van der Waals surface area contributed by atoms with E-state index < -0.39 is 23.7 Å². The Morgan fingerprint density at radius 1 is 1.14 bits per heavy atom. The van der Waals surface area contributed by atoms with E-state index in [4.69, 9.17) is 5.73 Å². The molecule has 0 spiro atoms. The number of aryl methyl sites for hydroxylation is 1. The predicted octanol–water partition coefficient (Wildman–Crippen LogP) is 2.09. The Hall–Kier alpha value is -2.69. The van der Waals surface area contributed by atoms with Crippen molar-refractivity contribution in [2.75, 3.05) is 0 Å². The number of carbonyl (C=O) groups excluding carboxylic acids is 2. The molecule has 1 atom stereocenters. The smallest absolute Gasteiger partial charge is 0.252 e. The van der Waals surface area contributed by atoms with Crippen molar-refractivity contribution in [1.29, 1.82) is 0 Å². The Bertz CT molecular complexity index is 671. The fraction of sp³-hybridized carbons (Fsp3) is 0.125. The number of carbonyl (C=O) groups is 2. The van der Waals surface area contributed by atoms with Crippen LogP contribution in [-0.4, -0.2) is 11.8 Å². The van der Waals surface area contributed by atoms with Crippen molar-refractivity contribution in [2.24, 2.45) is 5.73 Å². The van der Waals surface area contributed by atoms with Gasteiger partial charge in [-0.1, -0.05) is 36.4 Å². The molecule has 0 saturated carbocycles. The Labute approximate surface area is 121 Å². The average Bonchev–Trinajstić information content (AvgIpc) is 2.48. The second kappa shape index (κ2) is 6.17. The van der Waals surface area contributed by atoms with E-state index in [1.165, 1.54) is 12.1 Å². The summed E-state index contributed by atoms with van der Waals surface area (Å²) in [5.74, 6) is -1.71. The quantitative estimate of drug-likeness (QED) is 0.903. The lowest BCUT2D eigenvalue weighted by Gasteiger charge is -2.16. The molecule has 0 radical (unpaired) electrons. The van der Waals surface area contributed by atoms with E-state index in [1.807, 2.05) is 0 Å². The third kappa shape index (κ3) is 3.45. The van der Waals surface area contributed by atoms with E-state index in [2.05, 4.69) is 5.32 Å². The van der Waals surface area contributed by atoms with Gasteiger partial charge < -0.3 is 11.1 Å². The maximum Gasteiger partial charge on any atom is 0.252 e. The second-order valence-electron chi connectivity index (χ2n) is 4.68. The fourth-order valence-corrected chi connectivity index (χ4v) is 1.91. The van der Waals surface area contributed by atoms with Crippen LogP contribution in [0, 0.1) is 12.7 Å². The van der Waals surface area contributed by atoms with Gasteiger partial charge >= 0.3 is 0 Å². The molecule has 0 aliphatic heterocycles. The number of hydrogen-bond donors (Lipinski definition) is 2. The van der Waals surface area contributed by atoms with Gasteiger partial charge in [0.05, 0.1) is 0 Å². The van der Waals surface area contributed by atoms with Gasteiger partial charge in [-0.3, -0.25) is 9.59 Å². The molecule has 2 aromatic carbocycles. The van der Waals surface area contributed by atoms with Crippen LogP contribution in [0.3, 0.4) is 0 Å². The highest BCUT2D eigenvalue weighted by Crippen LogP contribution is 2.14.